The molecule has 1 rings (SSSR count). The van der Waals surface area contributed by atoms with E-state index in [1.165, 1.54) is 0 Å². The predicted molar refractivity (Wildman–Crippen MR) is 102 cm³/mol. The number of nitrogens with one attached hydrogen (secondary N) is 2. The average Bonchev–Trinajstić information content (AvgIpc) is 2.59. The maximum Gasteiger partial charge on any atom is 0.253 e. The number of anilines is 2. The maximum absolute atomic E-state index is 12.5. The van der Waals surface area contributed by atoms with Crippen LogP contribution in [0.5, 0.6) is 0 Å². The van der Waals surface area contributed by atoms with Crippen molar-refractivity contribution in [2.45, 2.75) is 39.5 Å². The molecule has 1 aromatic carbocycles. The molecule has 0 bridgehead atoms. The third-order valence-corrected chi connectivity index (χ3v) is 3.72. The van der Waals surface area contributed by atoms with Crippen molar-refractivity contribution in [3.8, 4) is 0 Å². The van der Waals surface area contributed by atoms with Gasteiger partial charge in [-0.15, -0.1) is 0 Å². The first kappa shape index (κ1) is 21.0. The van der Waals surface area contributed by atoms with Gasteiger partial charge in [-0.2, -0.15) is 0 Å². The van der Waals surface area contributed by atoms with Crippen molar-refractivity contribution >= 4 is 23.2 Å². The number of nitrogens with zero attached hydrogens (tertiary/aromatic N) is 1. The van der Waals surface area contributed by atoms with Crippen LogP contribution in [0, 0.1) is 0 Å². The Kier molecular flexibility index (Phi) is 9.62. The van der Waals surface area contributed by atoms with E-state index in [2.05, 4.69) is 10.6 Å². The number of benzene rings is 1. The second-order valence-electron chi connectivity index (χ2n) is 6.08. The van der Waals surface area contributed by atoms with Crippen LogP contribution in [0.2, 0.25) is 0 Å². The number of ether oxygens (including phenoxy) is 1. The van der Waals surface area contributed by atoms with E-state index < -0.39 is 0 Å². The molecule has 2 N–H and O–H groups in total. The number of amides is 2. The number of carbonyl (C=O) groups excluding carboxylic acids is 2. The van der Waals surface area contributed by atoms with Crippen molar-refractivity contribution in [1.29, 1.82) is 0 Å². The van der Waals surface area contributed by atoms with E-state index in [0.717, 1.165) is 24.9 Å². The number of unbranched alkanes of at least 4 members (excludes halogenated alkanes) is 1. The SMILES string of the molecule is CCCCC(=O)Nc1ccc(N(C)C)c(C(=O)NCCCOCC)c1. The topological polar surface area (TPSA) is 70.7 Å². The first-order chi connectivity index (χ1) is 12.0. The maximum atomic E-state index is 12.5. The van der Waals surface area contributed by atoms with Gasteiger partial charge >= 0.3 is 0 Å². The number of rotatable bonds is 11. The summed E-state index contributed by atoms with van der Waals surface area (Å²) in [6.45, 7) is 5.86. The van der Waals surface area contributed by atoms with Gasteiger partial charge < -0.3 is 20.3 Å². The quantitative estimate of drug-likeness (QED) is 0.603. The Morgan fingerprint density at radius 2 is 1.92 bits per heavy atom. The molecule has 2 amide bonds. The van der Waals surface area contributed by atoms with E-state index in [0.29, 0.717) is 37.4 Å². The van der Waals surface area contributed by atoms with Gasteiger partial charge in [-0.1, -0.05) is 13.3 Å². The normalized spacial score (nSPS) is 10.4. The molecule has 0 heterocycles. The summed E-state index contributed by atoms with van der Waals surface area (Å²) in [5, 5.41) is 5.77. The molecular formula is C19H31N3O3. The second kappa shape index (κ2) is 11.5. The van der Waals surface area contributed by atoms with Crippen molar-refractivity contribution in [3.63, 3.8) is 0 Å². The lowest BCUT2D eigenvalue weighted by Gasteiger charge is -2.18. The summed E-state index contributed by atoms with van der Waals surface area (Å²) < 4.78 is 5.27. The molecule has 0 saturated heterocycles. The highest BCUT2D eigenvalue weighted by Crippen LogP contribution is 2.23. The highest BCUT2D eigenvalue weighted by atomic mass is 16.5. The zero-order valence-electron chi connectivity index (χ0n) is 15.9. The Hall–Kier alpha value is -2.08. The molecule has 0 spiro atoms. The highest BCUT2D eigenvalue weighted by molar-refractivity contribution is 6.02. The van der Waals surface area contributed by atoms with Crippen LogP contribution in [0.15, 0.2) is 18.2 Å². The summed E-state index contributed by atoms with van der Waals surface area (Å²) in [6, 6.07) is 5.41. The molecule has 0 aliphatic heterocycles. The molecule has 0 fully saturated rings. The molecular weight excluding hydrogens is 318 g/mol. The molecule has 0 aliphatic carbocycles. The van der Waals surface area contributed by atoms with Crippen LogP contribution >= 0.6 is 0 Å². The molecule has 0 aromatic heterocycles. The van der Waals surface area contributed by atoms with E-state index in [4.69, 9.17) is 4.74 Å². The molecule has 0 radical (unpaired) electrons. The zero-order chi connectivity index (χ0) is 18.7. The van der Waals surface area contributed by atoms with Gasteiger partial charge in [0.25, 0.3) is 5.91 Å². The molecule has 1 aromatic rings. The Morgan fingerprint density at radius 3 is 2.56 bits per heavy atom. The molecule has 0 saturated carbocycles. The zero-order valence-corrected chi connectivity index (χ0v) is 15.9. The van der Waals surface area contributed by atoms with Crippen LogP contribution < -0.4 is 15.5 Å². The molecule has 140 valence electrons. The largest absolute Gasteiger partial charge is 0.382 e. The van der Waals surface area contributed by atoms with E-state index in [1.807, 2.05) is 45.0 Å². The minimum Gasteiger partial charge on any atom is -0.382 e. The van der Waals surface area contributed by atoms with Crippen LogP contribution in [0.25, 0.3) is 0 Å². The van der Waals surface area contributed by atoms with Gasteiger partial charge in [0.1, 0.15) is 0 Å². The number of carbonyl (C=O) groups is 2. The number of hydrogen-bond acceptors (Lipinski definition) is 4. The summed E-state index contributed by atoms with van der Waals surface area (Å²) in [4.78, 5) is 26.3. The van der Waals surface area contributed by atoms with E-state index in [9.17, 15) is 9.59 Å². The molecule has 0 atom stereocenters. The first-order valence-corrected chi connectivity index (χ1v) is 8.96. The molecule has 0 aliphatic rings. The Bertz CT molecular complexity index is 559. The van der Waals surface area contributed by atoms with Gasteiger partial charge in [-0.25, -0.2) is 0 Å². The van der Waals surface area contributed by atoms with Gasteiger partial charge in [0, 0.05) is 51.6 Å². The number of hydrogen-bond donors (Lipinski definition) is 2. The summed E-state index contributed by atoms with van der Waals surface area (Å²) >= 11 is 0. The van der Waals surface area contributed by atoms with Gasteiger partial charge in [-0.05, 0) is 38.0 Å². The fourth-order valence-electron chi connectivity index (χ4n) is 2.36. The summed E-state index contributed by atoms with van der Waals surface area (Å²) in [7, 11) is 3.78. The third-order valence-electron chi connectivity index (χ3n) is 3.72. The lowest BCUT2D eigenvalue weighted by Crippen LogP contribution is -2.27. The first-order valence-electron chi connectivity index (χ1n) is 8.96. The minimum atomic E-state index is -0.148. The fourth-order valence-corrected chi connectivity index (χ4v) is 2.36. The van der Waals surface area contributed by atoms with Crippen LogP contribution in [0.1, 0.15) is 49.9 Å². The van der Waals surface area contributed by atoms with Crippen molar-refractivity contribution in [2.24, 2.45) is 0 Å². The molecule has 6 nitrogen and oxygen atoms in total. The van der Waals surface area contributed by atoms with Crippen molar-refractivity contribution in [1.82, 2.24) is 5.32 Å². The van der Waals surface area contributed by atoms with Gasteiger partial charge in [0.2, 0.25) is 5.91 Å². The monoisotopic (exact) mass is 349 g/mol. The predicted octanol–water partition coefficient (Wildman–Crippen LogP) is 3.04. The van der Waals surface area contributed by atoms with Gasteiger partial charge in [-0.3, -0.25) is 9.59 Å². The van der Waals surface area contributed by atoms with E-state index in [-0.39, 0.29) is 11.8 Å². The Morgan fingerprint density at radius 1 is 1.16 bits per heavy atom. The highest BCUT2D eigenvalue weighted by Gasteiger charge is 2.14. The third kappa shape index (κ3) is 7.56. The van der Waals surface area contributed by atoms with E-state index >= 15 is 0 Å². The van der Waals surface area contributed by atoms with E-state index in [1.54, 1.807) is 6.07 Å². The van der Waals surface area contributed by atoms with Crippen LogP contribution in [-0.4, -0.2) is 45.7 Å². The molecule has 6 heteroatoms. The van der Waals surface area contributed by atoms with Crippen molar-refractivity contribution in [2.75, 3.05) is 44.1 Å². The van der Waals surface area contributed by atoms with Gasteiger partial charge in [0.05, 0.1) is 5.56 Å². The lowest BCUT2D eigenvalue weighted by molar-refractivity contribution is -0.116. The minimum absolute atomic E-state index is 0.0254. The standard InChI is InChI=1S/C19H31N3O3/c1-5-7-9-18(23)21-15-10-11-17(22(3)4)16(14-15)19(24)20-12-8-13-25-6-2/h10-11,14H,5-9,12-13H2,1-4H3,(H,20,24)(H,21,23). The fraction of sp³-hybridized carbons (Fsp3) is 0.579. The average molecular weight is 349 g/mol. The Balaban J connectivity index is 2.78. The van der Waals surface area contributed by atoms with Crippen molar-refractivity contribution < 1.29 is 14.3 Å². The Labute approximate surface area is 150 Å². The van der Waals surface area contributed by atoms with Crippen LogP contribution in [0.4, 0.5) is 11.4 Å². The van der Waals surface area contributed by atoms with Crippen LogP contribution in [0.3, 0.4) is 0 Å². The molecule has 25 heavy (non-hydrogen) atoms. The van der Waals surface area contributed by atoms with Crippen LogP contribution in [-0.2, 0) is 9.53 Å². The summed E-state index contributed by atoms with van der Waals surface area (Å²) in [5.41, 5.74) is 2.01. The lowest BCUT2D eigenvalue weighted by atomic mass is 10.1. The van der Waals surface area contributed by atoms with Gasteiger partial charge in [0.15, 0.2) is 0 Å². The molecule has 0 unspecified atom stereocenters. The summed E-state index contributed by atoms with van der Waals surface area (Å²) in [5.74, 6) is -0.174. The smallest absolute Gasteiger partial charge is 0.253 e. The second-order valence-corrected chi connectivity index (χ2v) is 6.08. The van der Waals surface area contributed by atoms with Crippen molar-refractivity contribution in [3.05, 3.63) is 23.8 Å². The summed E-state index contributed by atoms with van der Waals surface area (Å²) in [6.07, 6.45) is 3.09.